The van der Waals surface area contributed by atoms with Crippen LogP contribution in [-0.4, -0.2) is 37.6 Å². The summed E-state index contributed by atoms with van der Waals surface area (Å²) >= 11 is 0. The smallest absolute Gasteiger partial charge is 0.258 e. The van der Waals surface area contributed by atoms with Gasteiger partial charge in [-0.2, -0.15) is 0 Å². The van der Waals surface area contributed by atoms with Crippen molar-refractivity contribution < 1.29 is 9.53 Å². The van der Waals surface area contributed by atoms with Gasteiger partial charge in [-0.3, -0.25) is 4.79 Å². The maximum Gasteiger partial charge on any atom is 0.258 e. The van der Waals surface area contributed by atoms with Gasteiger partial charge in [-0.15, -0.1) is 24.0 Å². The second-order valence-electron chi connectivity index (χ2n) is 8.17. The van der Waals surface area contributed by atoms with E-state index >= 15 is 0 Å². The Labute approximate surface area is 208 Å². The molecule has 1 fully saturated rings. The van der Waals surface area contributed by atoms with Gasteiger partial charge in [0.2, 0.25) is 0 Å². The summed E-state index contributed by atoms with van der Waals surface area (Å²) in [6.45, 7) is 8.54. The number of ether oxygens (including phenoxy) is 1. The Hall–Kier alpha value is -2.29. The minimum atomic E-state index is -0.0627. The third-order valence-electron chi connectivity index (χ3n) is 5.20. The van der Waals surface area contributed by atoms with Crippen molar-refractivity contribution in [1.29, 1.82) is 0 Å². The molecule has 1 aliphatic carbocycles. The second kappa shape index (κ2) is 13.3. The van der Waals surface area contributed by atoms with Gasteiger partial charge in [0.05, 0.1) is 6.54 Å². The van der Waals surface area contributed by atoms with Crippen LogP contribution in [-0.2, 0) is 11.3 Å². The number of amides is 1. The molecule has 7 heteroatoms. The van der Waals surface area contributed by atoms with Crippen molar-refractivity contribution in [3.8, 4) is 5.75 Å². The lowest BCUT2D eigenvalue weighted by molar-refractivity contribution is -0.123. The number of rotatable bonds is 10. The summed E-state index contributed by atoms with van der Waals surface area (Å²) < 4.78 is 5.64. The van der Waals surface area contributed by atoms with Gasteiger partial charge in [0.25, 0.3) is 5.91 Å². The molecule has 3 rings (SSSR count). The molecule has 0 aromatic heterocycles. The number of benzene rings is 2. The van der Waals surface area contributed by atoms with E-state index in [0.717, 1.165) is 37.5 Å². The molecule has 1 atom stereocenters. The normalized spacial score (nSPS) is 14.2. The van der Waals surface area contributed by atoms with Crippen LogP contribution >= 0.6 is 24.0 Å². The summed E-state index contributed by atoms with van der Waals surface area (Å²) in [6.07, 6.45) is 2.15. The standard InChI is InChI=1S/C25H34N4O2.HI/c1-4-26-25(27-15-19(3)21-10-8-18(2)9-11-21)28-16-20-6-5-7-23(14-20)31-17-24(30)29-22-12-13-22;/h5-11,14,19,22H,4,12-13,15-17H2,1-3H3,(H,29,30)(H2,26,27,28);1H. The molecule has 1 saturated carbocycles. The predicted octanol–water partition coefficient (Wildman–Crippen LogP) is 4.13. The minimum absolute atomic E-state index is 0. The van der Waals surface area contributed by atoms with E-state index < -0.39 is 0 Å². The fraction of sp³-hybridized carbons (Fsp3) is 0.440. The first-order chi connectivity index (χ1) is 15.0. The number of halogens is 1. The number of guanidine groups is 1. The molecule has 3 N–H and O–H groups in total. The van der Waals surface area contributed by atoms with Crippen molar-refractivity contribution in [2.75, 3.05) is 19.7 Å². The second-order valence-corrected chi connectivity index (χ2v) is 8.17. The number of nitrogens with zero attached hydrogens (tertiary/aromatic N) is 1. The maximum absolute atomic E-state index is 11.8. The largest absolute Gasteiger partial charge is 0.484 e. The highest BCUT2D eigenvalue weighted by molar-refractivity contribution is 14.0. The first-order valence-corrected chi connectivity index (χ1v) is 11.1. The van der Waals surface area contributed by atoms with Crippen LogP contribution in [0.1, 0.15) is 49.3 Å². The summed E-state index contributed by atoms with van der Waals surface area (Å²) in [6, 6.07) is 16.8. The Morgan fingerprint density at radius 2 is 1.91 bits per heavy atom. The average Bonchev–Trinajstić information content (AvgIpc) is 3.59. The highest BCUT2D eigenvalue weighted by Crippen LogP contribution is 2.19. The minimum Gasteiger partial charge on any atom is -0.484 e. The summed E-state index contributed by atoms with van der Waals surface area (Å²) in [5, 5.41) is 9.67. The molecule has 32 heavy (non-hydrogen) atoms. The van der Waals surface area contributed by atoms with Gasteiger partial charge >= 0.3 is 0 Å². The van der Waals surface area contributed by atoms with Crippen LogP contribution in [0.4, 0.5) is 0 Å². The number of aliphatic imine (C=N–C) groups is 1. The zero-order chi connectivity index (χ0) is 22.1. The Morgan fingerprint density at radius 1 is 1.16 bits per heavy atom. The monoisotopic (exact) mass is 550 g/mol. The number of aryl methyl sites for hydroxylation is 1. The Morgan fingerprint density at radius 3 is 2.59 bits per heavy atom. The predicted molar refractivity (Wildman–Crippen MR) is 141 cm³/mol. The molecule has 1 aliphatic rings. The van der Waals surface area contributed by atoms with Gasteiger partial charge in [-0.25, -0.2) is 4.99 Å². The lowest BCUT2D eigenvalue weighted by Crippen LogP contribution is -2.39. The van der Waals surface area contributed by atoms with E-state index in [0.29, 0.717) is 24.3 Å². The van der Waals surface area contributed by atoms with E-state index in [9.17, 15) is 4.79 Å². The molecule has 0 bridgehead atoms. The molecule has 1 amide bonds. The van der Waals surface area contributed by atoms with Crippen molar-refractivity contribution in [2.24, 2.45) is 4.99 Å². The first-order valence-electron chi connectivity index (χ1n) is 11.1. The molecule has 6 nitrogen and oxygen atoms in total. The molecule has 174 valence electrons. The summed E-state index contributed by atoms with van der Waals surface area (Å²) in [4.78, 5) is 16.5. The van der Waals surface area contributed by atoms with Gasteiger partial charge in [-0.1, -0.05) is 48.9 Å². The molecule has 0 spiro atoms. The van der Waals surface area contributed by atoms with Crippen LogP contribution in [0.2, 0.25) is 0 Å². The van der Waals surface area contributed by atoms with Crippen LogP contribution in [0.5, 0.6) is 5.75 Å². The quantitative estimate of drug-likeness (QED) is 0.236. The van der Waals surface area contributed by atoms with Crippen LogP contribution in [0.25, 0.3) is 0 Å². The van der Waals surface area contributed by atoms with E-state index in [1.165, 1.54) is 11.1 Å². The van der Waals surface area contributed by atoms with Gasteiger partial charge < -0.3 is 20.7 Å². The van der Waals surface area contributed by atoms with Crippen LogP contribution in [0.3, 0.4) is 0 Å². The first kappa shape index (κ1) is 26.0. The highest BCUT2D eigenvalue weighted by Gasteiger charge is 2.23. The SMILES string of the molecule is CCNC(=NCc1cccc(OCC(=O)NC2CC2)c1)NCC(C)c1ccc(C)cc1.I. The molecule has 0 radical (unpaired) electrons. The van der Waals surface area contributed by atoms with Crippen LogP contribution in [0, 0.1) is 6.92 Å². The lowest BCUT2D eigenvalue weighted by Gasteiger charge is -2.16. The average molecular weight is 550 g/mol. The molecular weight excluding hydrogens is 515 g/mol. The number of nitrogens with one attached hydrogen (secondary N) is 3. The van der Waals surface area contributed by atoms with Crippen molar-refractivity contribution in [1.82, 2.24) is 16.0 Å². The Bertz CT molecular complexity index is 882. The third kappa shape index (κ3) is 9.06. The number of hydrogen-bond acceptors (Lipinski definition) is 3. The van der Waals surface area contributed by atoms with Crippen molar-refractivity contribution in [3.63, 3.8) is 0 Å². The lowest BCUT2D eigenvalue weighted by atomic mass is 10.0. The van der Waals surface area contributed by atoms with Crippen molar-refractivity contribution >= 4 is 35.8 Å². The van der Waals surface area contributed by atoms with Gasteiger partial charge in [-0.05, 0) is 55.9 Å². The molecule has 0 aliphatic heterocycles. The van der Waals surface area contributed by atoms with Gasteiger partial charge in [0.1, 0.15) is 5.75 Å². The van der Waals surface area contributed by atoms with Gasteiger partial charge in [0.15, 0.2) is 12.6 Å². The van der Waals surface area contributed by atoms with E-state index in [4.69, 9.17) is 9.73 Å². The molecule has 1 unspecified atom stereocenters. The zero-order valence-electron chi connectivity index (χ0n) is 19.2. The highest BCUT2D eigenvalue weighted by atomic mass is 127. The van der Waals surface area contributed by atoms with E-state index in [1.807, 2.05) is 24.3 Å². The van der Waals surface area contributed by atoms with E-state index in [2.05, 4.69) is 61.0 Å². The summed E-state index contributed by atoms with van der Waals surface area (Å²) in [7, 11) is 0. The molecule has 0 saturated heterocycles. The van der Waals surface area contributed by atoms with Crippen LogP contribution in [0.15, 0.2) is 53.5 Å². The van der Waals surface area contributed by atoms with Gasteiger partial charge in [0, 0.05) is 19.1 Å². The number of carbonyl (C=O) groups is 1. The zero-order valence-corrected chi connectivity index (χ0v) is 21.5. The number of hydrogen-bond donors (Lipinski definition) is 3. The maximum atomic E-state index is 11.8. The molecular formula is C25H35IN4O2. The topological polar surface area (TPSA) is 74.8 Å². The summed E-state index contributed by atoms with van der Waals surface area (Å²) in [5.41, 5.74) is 3.61. The molecule has 2 aromatic carbocycles. The van der Waals surface area contributed by atoms with Crippen LogP contribution < -0.4 is 20.7 Å². The fourth-order valence-electron chi connectivity index (χ4n) is 3.15. The fourth-order valence-corrected chi connectivity index (χ4v) is 3.15. The van der Waals surface area contributed by atoms with Crippen molar-refractivity contribution in [2.45, 2.75) is 52.1 Å². The third-order valence-corrected chi connectivity index (χ3v) is 5.20. The molecule has 2 aromatic rings. The summed E-state index contributed by atoms with van der Waals surface area (Å²) in [5.74, 6) is 1.79. The van der Waals surface area contributed by atoms with Crippen molar-refractivity contribution in [3.05, 3.63) is 65.2 Å². The van der Waals surface area contributed by atoms with E-state index in [-0.39, 0.29) is 36.5 Å². The number of carbonyl (C=O) groups excluding carboxylic acids is 1. The van der Waals surface area contributed by atoms with E-state index in [1.54, 1.807) is 0 Å². The Balaban J connectivity index is 0.00000363. The molecule has 0 heterocycles. The Kier molecular flexibility index (Phi) is 10.8.